The predicted molar refractivity (Wildman–Crippen MR) is 73.7 cm³/mol. The van der Waals surface area contributed by atoms with Gasteiger partial charge in [0, 0.05) is 16.7 Å². The van der Waals surface area contributed by atoms with E-state index in [2.05, 4.69) is 17.4 Å². The van der Waals surface area contributed by atoms with E-state index in [4.69, 9.17) is 0 Å². The molecule has 1 N–H and O–H groups in total. The second-order valence-electron chi connectivity index (χ2n) is 4.21. The standard InChI is InChI=1S/C14H17NOS/c1-11(15-2)10-17(16)14-8-7-12-5-3-4-6-13(12)9-14/h3-9,11,15H,10H2,1-2H3. The van der Waals surface area contributed by atoms with Crippen LogP contribution in [0.2, 0.25) is 0 Å². The van der Waals surface area contributed by atoms with Crippen molar-refractivity contribution in [2.45, 2.75) is 17.9 Å². The summed E-state index contributed by atoms with van der Waals surface area (Å²) in [7, 11) is 0.959. The third-order valence-corrected chi connectivity index (χ3v) is 4.46. The van der Waals surface area contributed by atoms with Gasteiger partial charge in [-0.05, 0) is 36.9 Å². The molecule has 2 aromatic carbocycles. The van der Waals surface area contributed by atoms with Crippen LogP contribution in [0.4, 0.5) is 0 Å². The van der Waals surface area contributed by atoms with Gasteiger partial charge >= 0.3 is 0 Å². The molecule has 0 bridgehead atoms. The second kappa shape index (κ2) is 5.43. The van der Waals surface area contributed by atoms with E-state index in [0.29, 0.717) is 5.75 Å². The molecule has 2 nitrogen and oxygen atoms in total. The van der Waals surface area contributed by atoms with E-state index in [-0.39, 0.29) is 6.04 Å². The summed E-state index contributed by atoms with van der Waals surface area (Å²) in [6.45, 7) is 2.04. The Morgan fingerprint density at radius 1 is 1.18 bits per heavy atom. The predicted octanol–water partition coefficient (Wildman–Crippen LogP) is 2.56. The molecular formula is C14H17NOS. The SMILES string of the molecule is CNC(C)CS(=O)c1ccc2ccccc2c1. The van der Waals surface area contributed by atoms with Crippen LogP contribution >= 0.6 is 0 Å². The Morgan fingerprint density at radius 2 is 1.88 bits per heavy atom. The number of hydrogen-bond donors (Lipinski definition) is 1. The molecule has 90 valence electrons. The highest BCUT2D eigenvalue weighted by molar-refractivity contribution is 7.85. The number of fused-ring (bicyclic) bond motifs is 1. The summed E-state index contributed by atoms with van der Waals surface area (Å²) in [6, 6.07) is 14.4. The lowest BCUT2D eigenvalue weighted by atomic mass is 10.1. The maximum atomic E-state index is 12.1. The summed E-state index contributed by atoms with van der Waals surface area (Å²) in [4.78, 5) is 0.908. The lowest BCUT2D eigenvalue weighted by Gasteiger charge is -2.10. The van der Waals surface area contributed by atoms with Crippen molar-refractivity contribution < 1.29 is 4.21 Å². The highest BCUT2D eigenvalue weighted by Gasteiger charge is 2.08. The van der Waals surface area contributed by atoms with Crippen LogP contribution in [0, 0.1) is 0 Å². The zero-order chi connectivity index (χ0) is 12.3. The smallest absolute Gasteiger partial charge is 0.0545 e. The molecule has 0 fully saturated rings. The lowest BCUT2D eigenvalue weighted by molar-refractivity contribution is 0.646. The van der Waals surface area contributed by atoms with Crippen molar-refractivity contribution in [1.29, 1.82) is 0 Å². The maximum absolute atomic E-state index is 12.1. The van der Waals surface area contributed by atoms with Gasteiger partial charge in [0.1, 0.15) is 0 Å². The van der Waals surface area contributed by atoms with Crippen LogP contribution in [0.3, 0.4) is 0 Å². The van der Waals surface area contributed by atoms with E-state index in [1.807, 2.05) is 44.3 Å². The van der Waals surface area contributed by atoms with Crippen molar-refractivity contribution in [3.8, 4) is 0 Å². The summed E-state index contributed by atoms with van der Waals surface area (Å²) >= 11 is 0. The first-order valence-corrected chi connectivity index (χ1v) is 7.07. The normalized spacial score (nSPS) is 14.7. The minimum Gasteiger partial charge on any atom is -0.316 e. The Bertz CT molecular complexity index is 538. The van der Waals surface area contributed by atoms with Gasteiger partial charge in [0.05, 0.1) is 10.8 Å². The zero-order valence-electron chi connectivity index (χ0n) is 10.1. The van der Waals surface area contributed by atoms with E-state index in [1.54, 1.807) is 0 Å². The van der Waals surface area contributed by atoms with Crippen LogP contribution < -0.4 is 5.32 Å². The highest BCUT2D eigenvalue weighted by atomic mass is 32.2. The number of hydrogen-bond acceptors (Lipinski definition) is 2. The molecule has 2 atom stereocenters. The summed E-state index contributed by atoms with van der Waals surface area (Å²) in [6.07, 6.45) is 0. The van der Waals surface area contributed by atoms with Gasteiger partial charge in [-0.3, -0.25) is 4.21 Å². The Balaban J connectivity index is 2.27. The van der Waals surface area contributed by atoms with Gasteiger partial charge in [0.2, 0.25) is 0 Å². The monoisotopic (exact) mass is 247 g/mol. The van der Waals surface area contributed by atoms with Gasteiger partial charge in [-0.2, -0.15) is 0 Å². The second-order valence-corrected chi connectivity index (χ2v) is 5.71. The average molecular weight is 247 g/mol. The van der Waals surface area contributed by atoms with Crippen LogP contribution in [0.1, 0.15) is 6.92 Å². The first-order chi connectivity index (χ1) is 8.20. The minimum atomic E-state index is -0.932. The summed E-state index contributed by atoms with van der Waals surface area (Å²) in [5.74, 6) is 0.648. The molecule has 0 saturated carbocycles. The molecule has 0 heterocycles. The fourth-order valence-electron chi connectivity index (χ4n) is 1.72. The van der Waals surface area contributed by atoms with Crippen molar-refractivity contribution in [3.05, 3.63) is 42.5 Å². The van der Waals surface area contributed by atoms with Gasteiger partial charge < -0.3 is 5.32 Å². The topological polar surface area (TPSA) is 29.1 Å². The third-order valence-electron chi connectivity index (χ3n) is 2.88. The molecule has 2 unspecified atom stereocenters. The lowest BCUT2D eigenvalue weighted by Crippen LogP contribution is -2.27. The average Bonchev–Trinajstić information content (AvgIpc) is 2.38. The van der Waals surface area contributed by atoms with Gasteiger partial charge in [-0.15, -0.1) is 0 Å². The van der Waals surface area contributed by atoms with E-state index >= 15 is 0 Å². The van der Waals surface area contributed by atoms with Crippen LogP contribution in [0.15, 0.2) is 47.4 Å². The van der Waals surface area contributed by atoms with Crippen LogP contribution in [-0.2, 0) is 10.8 Å². The van der Waals surface area contributed by atoms with E-state index in [9.17, 15) is 4.21 Å². The molecule has 0 radical (unpaired) electrons. The molecule has 3 heteroatoms. The largest absolute Gasteiger partial charge is 0.316 e. The summed E-state index contributed by atoms with van der Waals surface area (Å²) in [5.41, 5.74) is 0. The summed E-state index contributed by atoms with van der Waals surface area (Å²) in [5, 5.41) is 5.45. The maximum Gasteiger partial charge on any atom is 0.0545 e. The van der Waals surface area contributed by atoms with E-state index in [1.165, 1.54) is 5.39 Å². The third kappa shape index (κ3) is 2.93. The Labute approximate surface area is 104 Å². The molecule has 2 aromatic rings. The molecule has 0 aromatic heterocycles. The van der Waals surface area contributed by atoms with Crippen molar-refractivity contribution in [2.75, 3.05) is 12.8 Å². The summed E-state index contributed by atoms with van der Waals surface area (Å²) < 4.78 is 12.1. The molecule has 0 saturated heterocycles. The zero-order valence-corrected chi connectivity index (χ0v) is 11.0. The van der Waals surface area contributed by atoms with Crippen molar-refractivity contribution in [1.82, 2.24) is 5.32 Å². The molecule has 2 rings (SSSR count). The van der Waals surface area contributed by atoms with Gasteiger partial charge in [-0.25, -0.2) is 0 Å². The van der Waals surface area contributed by atoms with Crippen molar-refractivity contribution in [3.63, 3.8) is 0 Å². The van der Waals surface area contributed by atoms with E-state index in [0.717, 1.165) is 10.3 Å². The molecular weight excluding hydrogens is 230 g/mol. The fraction of sp³-hybridized carbons (Fsp3) is 0.286. The van der Waals surface area contributed by atoms with Crippen LogP contribution in [0.5, 0.6) is 0 Å². The van der Waals surface area contributed by atoms with Gasteiger partial charge in [-0.1, -0.05) is 30.3 Å². The molecule has 0 aliphatic rings. The van der Waals surface area contributed by atoms with E-state index < -0.39 is 10.8 Å². The van der Waals surface area contributed by atoms with Crippen molar-refractivity contribution >= 4 is 21.6 Å². The molecule has 0 aliphatic carbocycles. The number of rotatable bonds is 4. The van der Waals surface area contributed by atoms with Gasteiger partial charge in [0.25, 0.3) is 0 Å². The molecule has 0 aliphatic heterocycles. The van der Waals surface area contributed by atoms with Crippen molar-refractivity contribution in [2.24, 2.45) is 0 Å². The highest BCUT2D eigenvalue weighted by Crippen LogP contribution is 2.18. The first kappa shape index (κ1) is 12.3. The number of benzene rings is 2. The first-order valence-electron chi connectivity index (χ1n) is 5.75. The molecule has 0 spiro atoms. The Morgan fingerprint density at radius 3 is 2.59 bits per heavy atom. The molecule has 0 amide bonds. The minimum absolute atomic E-state index is 0.266. The van der Waals surface area contributed by atoms with Gasteiger partial charge in [0.15, 0.2) is 0 Å². The Kier molecular flexibility index (Phi) is 3.92. The molecule has 17 heavy (non-hydrogen) atoms. The number of nitrogens with one attached hydrogen (secondary N) is 1. The van der Waals surface area contributed by atoms with Crippen LogP contribution in [0.25, 0.3) is 10.8 Å². The Hall–Kier alpha value is -1.19. The fourth-order valence-corrected chi connectivity index (χ4v) is 3.01. The quantitative estimate of drug-likeness (QED) is 0.899. The van der Waals surface area contributed by atoms with Crippen LogP contribution in [-0.4, -0.2) is 23.1 Å².